The first kappa shape index (κ1) is 15.9. The molecule has 0 aliphatic carbocycles. The summed E-state index contributed by atoms with van der Waals surface area (Å²) >= 11 is 0. The molecule has 0 N–H and O–H groups in total. The van der Waals surface area contributed by atoms with Crippen molar-refractivity contribution in [1.29, 1.82) is 0 Å². The van der Waals surface area contributed by atoms with E-state index in [4.69, 9.17) is 4.98 Å². The zero-order chi connectivity index (χ0) is 17.6. The highest BCUT2D eigenvalue weighted by Crippen LogP contribution is 2.25. The summed E-state index contributed by atoms with van der Waals surface area (Å²) in [4.78, 5) is 4.92. The molecule has 26 heavy (non-hydrogen) atoms. The molecule has 0 saturated heterocycles. The summed E-state index contributed by atoms with van der Waals surface area (Å²) in [6.45, 7) is 0. The third-order valence-electron chi connectivity index (χ3n) is 4.13. The molecule has 4 rings (SSSR count). The van der Waals surface area contributed by atoms with Crippen molar-refractivity contribution in [1.82, 2.24) is 4.98 Å². The standard InChI is InChI=1S/C25H17N/c1-4-10-20(11-5-1)16-17-23-18-19-24(21-12-6-2-7-13-21)26-25(23)22-14-8-3-9-15-22/h1-15,18-19H. The number of benzene rings is 3. The van der Waals surface area contributed by atoms with Crippen LogP contribution in [0.25, 0.3) is 22.5 Å². The van der Waals surface area contributed by atoms with Gasteiger partial charge >= 0.3 is 0 Å². The van der Waals surface area contributed by atoms with Gasteiger partial charge in [-0.2, -0.15) is 0 Å². The van der Waals surface area contributed by atoms with Gasteiger partial charge in [0.2, 0.25) is 0 Å². The number of hydrogen-bond acceptors (Lipinski definition) is 1. The molecule has 0 saturated carbocycles. The molecule has 1 nitrogen and oxygen atoms in total. The molecule has 0 fully saturated rings. The number of aromatic nitrogens is 1. The molecule has 0 unspecified atom stereocenters. The predicted molar refractivity (Wildman–Crippen MR) is 108 cm³/mol. The van der Waals surface area contributed by atoms with Crippen LogP contribution in [0.1, 0.15) is 11.1 Å². The molecule has 0 spiro atoms. The van der Waals surface area contributed by atoms with Crippen LogP contribution in [0.3, 0.4) is 0 Å². The molecule has 0 radical (unpaired) electrons. The molecular weight excluding hydrogens is 314 g/mol. The minimum absolute atomic E-state index is 0.912. The van der Waals surface area contributed by atoms with Crippen LogP contribution in [0.4, 0.5) is 0 Å². The van der Waals surface area contributed by atoms with Gasteiger partial charge in [0.1, 0.15) is 0 Å². The van der Waals surface area contributed by atoms with Gasteiger partial charge in [0.25, 0.3) is 0 Å². The van der Waals surface area contributed by atoms with Crippen LogP contribution in [0, 0.1) is 11.8 Å². The van der Waals surface area contributed by atoms with Crippen molar-refractivity contribution in [3.05, 3.63) is 114 Å². The lowest BCUT2D eigenvalue weighted by molar-refractivity contribution is 1.31. The average Bonchev–Trinajstić information content (AvgIpc) is 2.74. The molecular formula is C25H17N. The van der Waals surface area contributed by atoms with Crippen LogP contribution >= 0.6 is 0 Å². The highest BCUT2D eigenvalue weighted by molar-refractivity contribution is 5.72. The van der Waals surface area contributed by atoms with Gasteiger partial charge in [0.05, 0.1) is 17.0 Å². The molecule has 1 heterocycles. The van der Waals surface area contributed by atoms with E-state index in [0.717, 1.165) is 33.6 Å². The van der Waals surface area contributed by atoms with E-state index in [1.54, 1.807) is 0 Å². The highest BCUT2D eigenvalue weighted by atomic mass is 14.7. The molecule has 0 bridgehead atoms. The Morgan fingerprint density at radius 2 is 1.08 bits per heavy atom. The van der Waals surface area contributed by atoms with Crippen LogP contribution in [0.5, 0.6) is 0 Å². The predicted octanol–water partition coefficient (Wildman–Crippen LogP) is 5.82. The summed E-state index contributed by atoms with van der Waals surface area (Å²) in [5, 5.41) is 0. The van der Waals surface area contributed by atoms with Crippen molar-refractivity contribution in [3.63, 3.8) is 0 Å². The zero-order valence-corrected chi connectivity index (χ0v) is 14.3. The van der Waals surface area contributed by atoms with Crippen LogP contribution in [0.15, 0.2) is 103 Å². The fraction of sp³-hybridized carbons (Fsp3) is 0. The maximum atomic E-state index is 4.92. The second kappa shape index (κ2) is 7.51. The first-order valence-electron chi connectivity index (χ1n) is 8.59. The van der Waals surface area contributed by atoms with Gasteiger partial charge in [-0.05, 0) is 24.3 Å². The first-order chi connectivity index (χ1) is 12.9. The summed E-state index contributed by atoms with van der Waals surface area (Å²) in [7, 11) is 0. The lowest BCUT2D eigenvalue weighted by Gasteiger charge is -2.08. The lowest BCUT2D eigenvalue weighted by atomic mass is 10.0. The Kier molecular flexibility index (Phi) is 4.58. The van der Waals surface area contributed by atoms with Crippen molar-refractivity contribution >= 4 is 0 Å². The van der Waals surface area contributed by atoms with Gasteiger partial charge in [0, 0.05) is 16.7 Å². The summed E-state index contributed by atoms with van der Waals surface area (Å²) in [6, 6.07) is 34.6. The Hall–Kier alpha value is -3.63. The van der Waals surface area contributed by atoms with Gasteiger partial charge in [-0.1, -0.05) is 90.7 Å². The summed E-state index contributed by atoms with van der Waals surface area (Å²) in [6.07, 6.45) is 0. The number of nitrogens with zero attached hydrogens (tertiary/aromatic N) is 1. The third kappa shape index (κ3) is 3.55. The highest BCUT2D eigenvalue weighted by Gasteiger charge is 2.08. The second-order valence-electron chi connectivity index (χ2n) is 5.94. The van der Waals surface area contributed by atoms with E-state index in [2.05, 4.69) is 42.2 Å². The Labute approximate surface area is 154 Å². The van der Waals surface area contributed by atoms with E-state index in [9.17, 15) is 0 Å². The Bertz CT molecular complexity index is 1060. The van der Waals surface area contributed by atoms with Gasteiger partial charge in [0.15, 0.2) is 0 Å². The molecule has 0 amide bonds. The van der Waals surface area contributed by atoms with Crippen LogP contribution in [0.2, 0.25) is 0 Å². The Morgan fingerprint density at radius 1 is 0.500 bits per heavy atom. The monoisotopic (exact) mass is 331 g/mol. The summed E-state index contributed by atoms with van der Waals surface area (Å²) < 4.78 is 0. The summed E-state index contributed by atoms with van der Waals surface area (Å²) in [5.41, 5.74) is 5.97. The molecule has 4 aromatic rings. The van der Waals surface area contributed by atoms with E-state index >= 15 is 0 Å². The quantitative estimate of drug-likeness (QED) is 0.422. The molecule has 1 heteroatoms. The molecule has 3 aromatic carbocycles. The fourth-order valence-electron chi connectivity index (χ4n) is 2.81. The summed E-state index contributed by atoms with van der Waals surface area (Å²) in [5.74, 6) is 6.53. The van der Waals surface area contributed by atoms with E-state index < -0.39 is 0 Å². The molecule has 0 aliphatic heterocycles. The zero-order valence-electron chi connectivity index (χ0n) is 14.3. The fourth-order valence-corrected chi connectivity index (χ4v) is 2.81. The first-order valence-corrected chi connectivity index (χ1v) is 8.59. The Balaban J connectivity index is 1.83. The van der Waals surface area contributed by atoms with Gasteiger partial charge < -0.3 is 0 Å². The topological polar surface area (TPSA) is 12.9 Å². The van der Waals surface area contributed by atoms with Crippen molar-refractivity contribution in [2.75, 3.05) is 0 Å². The van der Waals surface area contributed by atoms with Crippen molar-refractivity contribution in [3.8, 4) is 34.4 Å². The van der Waals surface area contributed by atoms with E-state index in [-0.39, 0.29) is 0 Å². The number of pyridine rings is 1. The van der Waals surface area contributed by atoms with Gasteiger partial charge in [-0.25, -0.2) is 4.98 Å². The smallest absolute Gasteiger partial charge is 0.0865 e. The van der Waals surface area contributed by atoms with E-state index in [0.29, 0.717) is 0 Å². The Morgan fingerprint density at radius 3 is 1.73 bits per heavy atom. The second-order valence-corrected chi connectivity index (χ2v) is 5.94. The maximum absolute atomic E-state index is 4.92. The largest absolute Gasteiger partial charge is 0.246 e. The van der Waals surface area contributed by atoms with Crippen molar-refractivity contribution < 1.29 is 0 Å². The van der Waals surface area contributed by atoms with Crippen LogP contribution < -0.4 is 0 Å². The van der Waals surface area contributed by atoms with E-state index in [1.165, 1.54) is 0 Å². The minimum atomic E-state index is 0.912. The molecule has 0 atom stereocenters. The molecule has 1 aromatic heterocycles. The molecule has 0 aliphatic rings. The normalized spacial score (nSPS) is 10.0. The number of hydrogen-bond donors (Lipinski definition) is 0. The average molecular weight is 331 g/mol. The lowest BCUT2D eigenvalue weighted by Crippen LogP contribution is -1.92. The van der Waals surface area contributed by atoms with Crippen LogP contribution in [-0.4, -0.2) is 4.98 Å². The van der Waals surface area contributed by atoms with Crippen molar-refractivity contribution in [2.24, 2.45) is 0 Å². The van der Waals surface area contributed by atoms with Crippen molar-refractivity contribution in [2.45, 2.75) is 0 Å². The van der Waals surface area contributed by atoms with Gasteiger partial charge in [-0.3, -0.25) is 0 Å². The number of rotatable bonds is 2. The van der Waals surface area contributed by atoms with Crippen LogP contribution in [-0.2, 0) is 0 Å². The minimum Gasteiger partial charge on any atom is -0.246 e. The third-order valence-corrected chi connectivity index (χ3v) is 4.13. The SMILES string of the molecule is C(#Cc1ccc(-c2ccccc2)nc1-c1ccccc1)c1ccccc1. The maximum Gasteiger partial charge on any atom is 0.0865 e. The molecule has 122 valence electrons. The van der Waals surface area contributed by atoms with Gasteiger partial charge in [-0.15, -0.1) is 0 Å². The van der Waals surface area contributed by atoms with E-state index in [1.807, 2.05) is 72.8 Å².